The van der Waals surface area contributed by atoms with E-state index >= 15 is 0 Å². The molecule has 0 atom stereocenters. The maximum Gasteiger partial charge on any atom is 0.188 e. The smallest absolute Gasteiger partial charge is 0.188 e. The van der Waals surface area contributed by atoms with E-state index in [9.17, 15) is 5.11 Å². The van der Waals surface area contributed by atoms with Crippen LogP contribution in [0.5, 0.6) is 11.5 Å². The fourth-order valence-corrected chi connectivity index (χ4v) is 2.66. The highest BCUT2D eigenvalue weighted by molar-refractivity contribution is 5.68. The van der Waals surface area contributed by atoms with Crippen molar-refractivity contribution in [3.05, 3.63) is 30.3 Å². The van der Waals surface area contributed by atoms with Crippen molar-refractivity contribution in [1.29, 1.82) is 0 Å². The van der Waals surface area contributed by atoms with E-state index in [4.69, 9.17) is 10.5 Å². The Morgan fingerprint density at radius 1 is 1.10 bits per heavy atom. The van der Waals surface area contributed by atoms with Gasteiger partial charge in [0.1, 0.15) is 11.4 Å². The molecule has 21 heavy (non-hydrogen) atoms. The highest BCUT2D eigenvalue weighted by atomic mass is 16.5. The lowest BCUT2D eigenvalue weighted by Gasteiger charge is -2.23. The first-order valence-corrected chi connectivity index (χ1v) is 7.32. The molecule has 1 saturated carbocycles. The summed E-state index contributed by atoms with van der Waals surface area (Å²) in [6.45, 7) is 0. The number of benzene rings is 1. The van der Waals surface area contributed by atoms with E-state index in [1.54, 1.807) is 24.3 Å². The SMILES string of the molecule is Nc1nnc(-c2ccccc2O)cc1OC1CCCCC1. The summed E-state index contributed by atoms with van der Waals surface area (Å²) in [6, 6.07) is 8.78. The molecule has 0 amide bonds. The Hall–Kier alpha value is -2.30. The van der Waals surface area contributed by atoms with Crippen molar-refractivity contribution < 1.29 is 9.84 Å². The molecule has 0 saturated heterocycles. The van der Waals surface area contributed by atoms with Crippen LogP contribution in [0.3, 0.4) is 0 Å². The first-order chi connectivity index (χ1) is 10.2. The molecule has 1 aliphatic carbocycles. The maximum absolute atomic E-state index is 9.91. The van der Waals surface area contributed by atoms with E-state index in [1.165, 1.54) is 19.3 Å². The molecule has 1 aromatic carbocycles. The van der Waals surface area contributed by atoms with Crippen LogP contribution in [0, 0.1) is 0 Å². The second-order valence-electron chi connectivity index (χ2n) is 5.37. The van der Waals surface area contributed by atoms with Gasteiger partial charge in [0.2, 0.25) is 0 Å². The number of hydrogen-bond acceptors (Lipinski definition) is 5. The van der Waals surface area contributed by atoms with Crippen LogP contribution in [0.1, 0.15) is 32.1 Å². The average molecular weight is 285 g/mol. The Morgan fingerprint density at radius 3 is 2.62 bits per heavy atom. The Balaban J connectivity index is 1.87. The van der Waals surface area contributed by atoms with Crippen molar-refractivity contribution in [2.45, 2.75) is 38.2 Å². The Bertz CT molecular complexity index is 625. The zero-order valence-electron chi connectivity index (χ0n) is 11.8. The molecule has 1 fully saturated rings. The third-order valence-electron chi connectivity index (χ3n) is 3.81. The number of phenolic OH excluding ortho intramolecular Hbond substituents is 1. The number of para-hydroxylation sites is 1. The van der Waals surface area contributed by atoms with Crippen LogP contribution in [-0.2, 0) is 0 Å². The largest absolute Gasteiger partial charge is 0.507 e. The number of nitrogens with zero attached hydrogens (tertiary/aromatic N) is 2. The van der Waals surface area contributed by atoms with Crippen LogP contribution in [0.4, 0.5) is 5.82 Å². The van der Waals surface area contributed by atoms with Gasteiger partial charge in [-0.05, 0) is 37.8 Å². The lowest BCUT2D eigenvalue weighted by molar-refractivity contribution is 0.155. The van der Waals surface area contributed by atoms with Crippen molar-refractivity contribution in [3.63, 3.8) is 0 Å². The number of phenols is 1. The van der Waals surface area contributed by atoms with Crippen LogP contribution >= 0.6 is 0 Å². The summed E-state index contributed by atoms with van der Waals surface area (Å²) < 4.78 is 5.98. The number of hydrogen-bond donors (Lipinski definition) is 2. The van der Waals surface area contributed by atoms with Gasteiger partial charge >= 0.3 is 0 Å². The van der Waals surface area contributed by atoms with Crippen molar-refractivity contribution in [1.82, 2.24) is 10.2 Å². The van der Waals surface area contributed by atoms with E-state index in [0.717, 1.165) is 12.8 Å². The van der Waals surface area contributed by atoms with Crippen LogP contribution < -0.4 is 10.5 Å². The molecule has 0 radical (unpaired) electrons. The van der Waals surface area contributed by atoms with E-state index in [0.29, 0.717) is 22.8 Å². The molecule has 110 valence electrons. The molecule has 3 rings (SSSR count). The molecule has 1 aromatic heterocycles. The zero-order valence-corrected chi connectivity index (χ0v) is 11.8. The Labute approximate surface area is 123 Å². The quantitative estimate of drug-likeness (QED) is 0.905. The lowest BCUT2D eigenvalue weighted by Crippen LogP contribution is -2.20. The molecular formula is C16H19N3O2. The van der Waals surface area contributed by atoms with Crippen molar-refractivity contribution in [2.24, 2.45) is 0 Å². The second kappa shape index (κ2) is 5.99. The molecule has 1 heterocycles. The van der Waals surface area contributed by atoms with Gasteiger partial charge in [-0.1, -0.05) is 18.6 Å². The predicted molar refractivity (Wildman–Crippen MR) is 81.0 cm³/mol. The number of nitrogen functional groups attached to an aromatic ring is 1. The maximum atomic E-state index is 9.91. The molecule has 0 spiro atoms. The van der Waals surface area contributed by atoms with Gasteiger partial charge in [0.25, 0.3) is 0 Å². The summed E-state index contributed by atoms with van der Waals surface area (Å²) in [4.78, 5) is 0. The predicted octanol–water partition coefficient (Wildman–Crippen LogP) is 3.14. The average Bonchev–Trinajstić information content (AvgIpc) is 2.51. The number of nitrogens with two attached hydrogens (primary N) is 1. The summed E-state index contributed by atoms with van der Waals surface area (Å²) in [6.07, 6.45) is 5.95. The minimum absolute atomic E-state index is 0.167. The van der Waals surface area contributed by atoms with E-state index in [1.807, 2.05) is 6.07 Å². The number of ether oxygens (including phenoxy) is 1. The molecule has 0 bridgehead atoms. The Kier molecular flexibility index (Phi) is 3.90. The standard InChI is InChI=1S/C16H19N3O2/c17-16-15(21-11-6-2-1-3-7-11)10-13(18-19-16)12-8-4-5-9-14(12)20/h4-5,8-11,20H,1-3,6-7H2,(H2,17,19). The van der Waals surface area contributed by atoms with E-state index < -0.39 is 0 Å². The summed E-state index contributed by atoms with van der Waals surface area (Å²) >= 11 is 0. The van der Waals surface area contributed by atoms with E-state index in [2.05, 4.69) is 10.2 Å². The van der Waals surface area contributed by atoms with Gasteiger partial charge in [0.05, 0.1) is 6.10 Å². The third-order valence-corrected chi connectivity index (χ3v) is 3.81. The molecule has 0 aliphatic heterocycles. The molecule has 5 nitrogen and oxygen atoms in total. The first-order valence-electron chi connectivity index (χ1n) is 7.32. The van der Waals surface area contributed by atoms with Gasteiger partial charge in [0.15, 0.2) is 11.6 Å². The lowest BCUT2D eigenvalue weighted by atomic mass is 9.98. The van der Waals surface area contributed by atoms with Gasteiger partial charge < -0.3 is 15.6 Å². The molecule has 2 aromatic rings. The molecule has 3 N–H and O–H groups in total. The number of rotatable bonds is 3. The molecule has 0 unspecified atom stereocenters. The highest BCUT2D eigenvalue weighted by Gasteiger charge is 2.18. The highest BCUT2D eigenvalue weighted by Crippen LogP contribution is 2.32. The molecule has 1 aliphatic rings. The summed E-state index contributed by atoms with van der Waals surface area (Å²) in [7, 11) is 0. The summed E-state index contributed by atoms with van der Waals surface area (Å²) in [5.74, 6) is 1.01. The normalized spacial score (nSPS) is 15.8. The Morgan fingerprint density at radius 2 is 1.86 bits per heavy atom. The fourth-order valence-electron chi connectivity index (χ4n) is 2.66. The third kappa shape index (κ3) is 3.07. The van der Waals surface area contributed by atoms with Crippen LogP contribution in [-0.4, -0.2) is 21.4 Å². The van der Waals surface area contributed by atoms with Crippen molar-refractivity contribution in [3.8, 4) is 22.8 Å². The number of aromatic hydroxyl groups is 1. The second-order valence-corrected chi connectivity index (χ2v) is 5.37. The topological polar surface area (TPSA) is 81.3 Å². The van der Waals surface area contributed by atoms with Crippen LogP contribution in [0.25, 0.3) is 11.3 Å². The zero-order chi connectivity index (χ0) is 14.7. The van der Waals surface area contributed by atoms with Gasteiger partial charge in [-0.15, -0.1) is 10.2 Å². The van der Waals surface area contributed by atoms with Crippen LogP contribution in [0.15, 0.2) is 30.3 Å². The summed E-state index contributed by atoms with van der Waals surface area (Å²) in [5.41, 5.74) is 7.05. The minimum Gasteiger partial charge on any atom is -0.507 e. The molecular weight excluding hydrogens is 266 g/mol. The first kappa shape index (κ1) is 13.7. The molecule has 5 heteroatoms. The summed E-state index contributed by atoms with van der Waals surface area (Å²) in [5, 5.41) is 17.9. The fraction of sp³-hybridized carbons (Fsp3) is 0.375. The van der Waals surface area contributed by atoms with E-state index in [-0.39, 0.29) is 11.9 Å². The number of aromatic nitrogens is 2. The van der Waals surface area contributed by atoms with Crippen molar-refractivity contribution in [2.75, 3.05) is 5.73 Å². The van der Waals surface area contributed by atoms with Gasteiger partial charge in [-0.2, -0.15) is 0 Å². The van der Waals surface area contributed by atoms with Gasteiger partial charge in [-0.25, -0.2) is 0 Å². The van der Waals surface area contributed by atoms with Crippen molar-refractivity contribution >= 4 is 5.82 Å². The van der Waals surface area contributed by atoms with Crippen LogP contribution in [0.2, 0.25) is 0 Å². The monoisotopic (exact) mass is 285 g/mol. The number of anilines is 1. The van der Waals surface area contributed by atoms with Gasteiger partial charge in [0, 0.05) is 11.6 Å². The van der Waals surface area contributed by atoms with Gasteiger partial charge in [-0.3, -0.25) is 0 Å². The minimum atomic E-state index is 0.167.